The molecule has 160 valence electrons. The van der Waals surface area contributed by atoms with E-state index >= 15 is 0 Å². The minimum absolute atomic E-state index is 0.0788. The van der Waals surface area contributed by atoms with Gasteiger partial charge in [-0.3, -0.25) is 4.79 Å². The second-order valence-electron chi connectivity index (χ2n) is 6.62. The summed E-state index contributed by atoms with van der Waals surface area (Å²) in [5.74, 6) is -1.25. The maximum Gasteiger partial charge on any atom is 0.338 e. The lowest BCUT2D eigenvalue weighted by molar-refractivity contribution is -0.119. The van der Waals surface area contributed by atoms with Gasteiger partial charge in [-0.1, -0.05) is 17.7 Å². The summed E-state index contributed by atoms with van der Waals surface area (Å²) in [6.45, 7) is 2.59. The minimum Gasteiger partial charge on any atom is -0.452 e. The number of nitrogens with zero attached hydrogens (tertiary/aromatic N) is 1. The highest BCUT2D eigenvalue weighted by Gasteiger charge is 2.26. The molecule has 8 nitrogen and oxygen atoms in total. The number of hydrogen-bond donors (Lipinski definition) is 1. The van der Waals surface area contributed by atoms with E-state index in [1.807, 2.05) is 6.92 Å². The molecule has 0 aliphatic carbocycles. The summed E-state index contributed by atoms with van der Waals surface area (Å²) in [7, 11) is -3.65. The first-order valence-corrected chi connectivity index (χ1v) is 11.0. The van der Waals surface area contributed by atoms with Crippen LogP contribution in [0.3, 0.4) is 0 Å². The summed E-state index contributed by atoms with van der Waals surface area (Å²) in [5, 5.41) is 3.10. The molecule has 3 rings (SSSR count). The summed E-state index contributed by atoms with van der Waals surface area (Å²) < 4.78 is 36.7. The monoisotopic (exact) mass is 452 g/mol. The molecule has 1 aliphatic rings. The van der Waals surface area contributed by atoms with Crippen molar-refractivity contribution >= 4 is 39.2 Å². The van der Waals surface area contributed by atoms with Gasteiger partial charge in [0.2, 0.25) is 10.0 Å². The molecule has 0 aromatic heterocycles. The zero-order valence-electron chi connectivity index (χ0n) is 16.3. The molecule has 0 atom stereocenters. The number of hydrogen-bond acceptors (Lipinski definition) is 6. The Morgan fingerprint density at radius 3 is 2.47 bits per heavy atom. The zero-order chi connectivity index (χ0) is 21.7. The molecule has 0 bridgehead atoms. The second-order valence-corrected chi connectivity index (χ2v) is 9.00. The van der Waals surface area contributed by atoms with Crippen molar-refractivity contribution in [3.05, 3.63) is 58.6 Å². The molecular weight excluding hydrogens is 432 g/mol. The standard InChI is InChI=1S/C20H21ClN2O6S/c1-14-2-5-16(21)12-18(14)22-19(24)13-29-20(25)15-3-6-17(7-4-15)30(26,27)23-8-10-28-11-9-23/h2-7,12H,8-11,13H2,1H3,(H,22,24). The molecule has 1 aliphatic heterocycles. The average molecular weight is 453 g/mol. The van der Waals surface area contributed by atoms with E-state index < -0.39 is 28.5 Å². The van der Waals surface area contributed by atoms with Crippen LogP contribution in [0.5, 0.6) is 0 Å². The number of esters is 1. The van der Waals surface area contributed by atoms with Gasteiger partial charge < -0.3 is 14.8 Å². The van der Waals surface area contributed by atoms with Crippen LogP contribution in [0.25, 0.3) is 0 Å². The lowest BCUT2D eigenvalue weighted by Crippen LogP contribution is -2.40. The maximum atomic E-state index is 12.6. The Morgan fingerprint density at radius 2 is 1.80 bits per heavy atom. The Hall–Kier alpha value is -2.46. The topological polar surface area (TPSA) is 102 Å². The second kappa shape index (κ2) is 9.57. The van der Waals surface area contributed by atoms with Gasteiger partial charge in [0.25, 0.3) is 5.91 Å². The summed E-state index contributed by atoms with van der Waals surface area (Å²) in [4.78, 5) is 24.3. The van der Waals surface area contributed by atoms with E-state index in [0.29, 0.717) is 23.9 Å². The van der Waals surface area contributed by atoms with E-state index in [2.05, 4.69) is 5.32 Å². The number of aryl methyl sites for hydroxylation is 1. The fourth-order valence-corrected chi connectivity index (χ4v) is 4.41. The minimum atomic E-state index is -3.65. The molecule has 1 fully saturated rings. The summed E-state index contributed by atoms with van der Waals surface area (Å²) in [6.07, 6.45) is 0. The number of nitrogens with one attached hydrogen (secondary N) is 1. The zero-order valence-corrected chi connectivity index (χ0v) is 17.8. The van der Waals surface area contributed by atoms with Crippen LogP contribution in [-0.4, -0.2) is 57.5 Å². The predicted molar refractivity (Wildman–Crippen MR) is 111 cm³/mol. The van der Waals surface area contributed by atoms with Crippen molar-refractivity contribution in [1.29, 1.82) is 0 Å². The molecule has 2 aromatic rings. The van der Waals surface area contributed by atoms with Gasteiger partial charge in [0.05, 0.1) is 23.7 Å². The van der Waals surface area contributed by atoms with Crippen LogP contribution in [-0.2, 0) is 24.3 Å². The third kappa shape index (κ3) is 5.37. The van der Waals surface area contributed by atoms with Gasteiger partial charge in [0.15, 0.2) is 6.61 Å². The van der Waals surface area contributed by atoms with Crippen molar-refractivity contribution in [2.24, 2.45) is 0 Å². The summed E-state index contributed by atoms with van der Waals surface area (Å²) in [6, 6.07) is 10.5. The number of sulfonamides is 1. The number of anilines is 1. The molecular formula is C20H21ClN2O6S. The average Bonchev–Trinajstić information content (AvgIpc) is 2.75. The Kier molecular flexibility index (Phi) is 7.09. The Bertz CT molecular complexity index is 1030. The first-order chi connectivity index (χ1) is 14.3. The van der Waals surface area contributed by atoms with Gasteiger partial charge in [-0.05, 0) is 48.9 Å². The van der Waals surface area contributed by atoms with E-state index in [4.69, 9.17) is 21.1 Å². The molecule has 1 saturated heterocycles. The molecule has 0 radical (unpaired) electrons. The predicted octanol–water partition coefficient (Wildman–Crippen LogP) is 2.46. The molecule has 0 saturated carbocycles. The Labute approximate surface area is 179 Å². The normalized spacial score (nSPS) is 14.9. The van der Waals surface area contributed by atoms with Crippen molar-refractivity contribution in [2.75, 3.05) is 38.2 Å². The van der Waals surface area contributed by atoms with Crippen molar-refractivity contribution in [1.82, 2.24) is 4.31 Å². The fourth-order valence-electron chi connectivity index (χ4n) is 2.83. The first kappa shape index (κ1) is 22.2. The van der Waals surface area contributed by atoms with Crippen LogP contribution in [0.2, 0.25) is 5.02 Å². The van der Waals surface area contributed by atoms with Crippen molar-refractivity contribution in [3.63, 3.8) is 0 Å². The van der Waals surface area contributed by atoms with Gasteiger partial charge >= 0.3 is 5.97 Å². The highest BCUT2D eigenvalue weighted by atomic mass is 35.5. The quantitative estimate of drug-likeness (QED) is 0.675. The number of morpholine rings is 1. The third-order valence-electron chi connectivity index (χ3n) is 4.51. The number of carbonyl (C=O) groups is 2. The fraction of sp³-hybridized carbons (Fsp3) is 0.300. The van der Waals surface area contributed by atoms with Crippen LogP contribution in [0.15, 0.2) is 47.4 Å². The SMILES string of the molecule is Cc1ccc(Cl)cc1NC(=O)COC(=O)c1ccc(S(=O)(=O)N2CCOCC2)cc1. The van der Waals surface area contributed by atoms with Crippen LogP contribution in [0.1, 0.15) is 15.9 Å². The lowest BCUT2D eigenvalue weighted by atomic mass is 10.2. The van der Waals surface area contributed by atoms with Gasteiger partial charge in [0, 0.05) is 23.8 Å². The number of ether oxygens (including phenoxy) is 2. The van der Waals surface area contributed by atoms with E-state index in [1.54, 1.807) is 18.2 Å². The third-order valence-corrected chi connectivity index (χ3v) is 6.65. The van der Waals surface area contributed by atoms with Gasteiger partial charge in [-0.2, -0.15) is 4.31 Å². The smallest absolute Gasteiger partial charge is 0.338 e. The molecule has 0 unspecified atom stereocenters. The van der Waals surface area contributed by atoms with E-state index in [9.17, 15) is 18.0 Å². The van der Waals surface area contributed by atoms with Crippen LogP contribution >= 0.6 is 11.6 Å². The van der Waals surface area contributed by atoms with Crippen LogP contribution in [0.4, 0.5) is 5.69 Å². The molecule has 1 heterocycles. The number of rotatable bonds is 6. The van der Waals surface area contributed by atoms with Crippen molar-refractivity contribution in [3.8, 4) is 0 Å². The molecule has 0 spiro atoms. The number of halogens is 1. The molecule has 1 N–H and O–H groups in total. The number of amides is 1. The largest absolute Gasteiger partial charge is 0.452 e. The maximum absolute atomic E-state index is 12.6. The lowest BCUT2D eigenvalue weighted by Gasteiger charge is -2.26. The van der Waals surface area contributed by atoms with Crippen LogP contribution in [0, 0.1) is 6.92 Å². The summed E-state index contributed by atoms with van der Waals surface area (Å²) in [5.41, 5.74) is 1.49. The first-order valence-electron chi connectivity index (χ1n) is 9.18. The van der Waals surface area contributed by atoms with Gasteiger partial charge in [-0.25, -0.2) is 13.2 Å². The van der Waals surface area contributed by atoms with E-state index in [-0.39, 0.29) is 23.5 Å². The van der Waals surface area contributed by atoms with E-state index in [0.717, 1.165) is 5.56 Å². The molecule has 30 heavy (non-hydrogen) atoms. The van der Waals surface area contributed by atoms with Crippen molar-refractivity contribution in [2.45, 2.75) is 11.8 Å². The highest BCUT2D eigenvalue weighted by Crippen LogP contribution is 2.20. The highest BCUT2D eigenvalue weighted by molar-refractivity contribution is 7.89. The van der Waals surface area contributed by atoms with Gasteiger partial charge in [0.1, 0.15) is 0 Å². The van der Waals surface area contributed by atoms with E-state index in [1.165, 1.54) is 28.6 Å². The molecule has 2 aromatic carbocycles. The number of carbonyl (C=O) groups excluding carboxylic acids is 2. The summed E-state index contributed by atoms with van der Waals surface area (Å²) >= 11 is 5.91. The Morgan fingerprint density at radius 1 is 1.13 bits per heavy atom. The number of benzene rings is 2. The van der Waals surface area contributed by atoms with Crippen LogP contribution < -0.4 is 5.32 Å². The molecule has 1 amide bonds. The Balaban J connectivity index is 1.58. The molecule has 10 heteroatoms. The van der Waals surface area contributed by atoms with Gasteiger partial charge in [-0.15, -0.1) is 0 Å². The van der Waals surface area contributed by atoms with Crippen molar-refractivity contribution < 1.29 is 27.5 Å².